The molecular formula is C12H10ClNO2. The molecular weight excluding hydrogens is 226 g/mol. The Morgan fingerprint density at radius 2 is 2.12 bits per heavy atom. The minimum Gasteiger partial charge on any atom is -0.301 e. The van der Waals surface area contributed by atoms with Crippen LogP contribution in [0.1, 0.15) is 17.3 Å². The number of carbonyl (C=O) groups excluding carboxylic acids is 2. The number of rotatable bonds is 2. The molecule has 0 aliphatic carbocycles. The van der Waals surface area contributed by atoms with Crippen LogP contribution >= 0.6 is 11.6 Å². The van der Waals surface area contributed by atoms with Crippen molar-refractivity contribution in [1.82, 2.24) is 0 Å². The van der Waals surface area contributed by atoms with E-state index in [1.807, 2.05) is 19.1 Å². The van der Waals surface area contributed by atoms with E-state index in [1.165, 1.54) is 4.90 Å². The Hall–Kier alpha value is -1.61. The Morgan fingerprint density at radius 1 is 1.38 bits per heavy atom. The highest BCUT2D eigenvalue weighted by atomic mass is 35.5. The molecule has 16 heavy (non-hydrogen) atoms. The van der Waals surface area contributed by atoms with E-state index in [-0.39, 0.29) is 0 Å². The summed E-state index contributed by atoms with van der Waals surface area (Å²) in [5, 5.41) is 0.520. The molecule has 82 valence electrons. The predicted molar refractivity (Wildman–Crippen MR) is 62.9 cm³/mol. The molecule has 0 aromatic heterocycles. The van der Waals surface area contributed by atoms with Crippen LogP contribution in [0.15, 0.2) is 30.4 Å². The lowest BCUT2D eigenvalue weighted by atomic mass is 10.1. The molecule has 0 unspecified atom stereocenters. The van der Waals surface area contributed by atoms with Crippen molar-refractivity contribution in [2.24, 2.45) is 0 Å². The van der Waals surface area contributed by atoms with Crippen molar-refractivity contribution in [3.8, 4) is 0 Å². The van der Waals surface area contributed by atoms with Crippen LogP contribution < -0.4 is 4.90 Å². The van der Waals surface area contributed by atoms with Crippen LogP contribution in [0.25, 0.3) is 0 Å². The molecule has 0 saturated heterocycles. The van der Waals surface area contributed by atoms with Gasteiger partial charge in [0.2, 0.25) is 0 Å². The first kappa shape index (κ1) is 10.9. The van der Waals surface area contributed by atoms with Gasteiger partial charge >= 0.3 is 0 Å². The summed E-state index contributed by atoms with van der Waals surface area (Å²) in [7, 11) is 0. The zero-order valence-electron chi connectivity index (χ0n) is 8.74. The van der Waals surface area contributed by atoms with E-state index in [2.05, 4.69) is 0 Å². The van der Waals surface area contributed by atoms with Crippen molar-refractivity contribution in [3.05, 3.63) is 40.9 Å². The highest BCUT2D eigenvalue weighted by Gasteiger charge is 2.34. The number of benzene rings is 1. The van der Waals surface area contributed by atoms with E-state index in [0.29, 0.717) is 22.8 Å². The number of ketones is 1. The summed E-state index contributed by atoms with van der Waals surface area (Å²) < 4.78 is 0. The summed E-state index contributed by atoms with van der Waals surface area (Å²) in [5.74, 6) is -0.952. The van der Waals surface area contributed by atoms with Gasteiger partial charge in [0.05, 0.1) is 11.3 Å². The first-order valence-corrected chi connectivity index (χ1v) is 5.30. The second-order valence-corrected chi connectivity index (χ2v) is 3.91. The third-order valence-electron chi connectivity index (χ3n) is 2.46. The fourth-order valence-corrected chi connectivity index (χ4v) is 1.83. The molecule has 0 fully saturated rings. The minimum atomic E-state index is -0.490. The minimum absolute atomic E-state index is 0.397. The summed E-state index contributed by atoms with van der Waals surface area (Å²) >= 11 is 5.85. The predicted octanol–water partition coefficient (Wildman–Crippen LogP) is 2.45. The standard InChI is InChI=1S/C12H10ClNO2/c1-2-3-6-14-10-7-8(13)4-5-9(10)11(15)12(14)16/h2-5,7H,6H2,1H3/b3-2+. The van der Waals surface area contributed by atoms with Crippen molar-refractivity contribution < 1.29 is 9.59 Å². The van der Waals surface area contributed by atoms with E-state index in [4.69, 9.17) is 11.6 Å². The molecule has 1 aliphatic rings. The van der Waals surface area contributed by atoms with Gasteiger partial charge in [-0.05, 0) is 25.1 Å². The molecule has 3 nitrogen and oxygen atoms in total. The number of carbonyl (C=O) groups is 2. The Balaban J connectivity index is 2.47. The van der Waals surface area contributed by atoms with Crippen LogP contribution in [-0.4, -0.2) is 18.2 Å². The SMILES string of the molecule is C/C=C/CN1C(=O)C(=O)c2ccc(Cl)cc21. The molecule has 0 radical (unpaired) electrons. The highest BCUT2D eigenvalue weighted by Crippen LogP contribution is 2.31. The fraction of sp³-hybridized carbons (Fsp3) is 0.167. The largest absolute Gasteiger partial charge is 0.301 e. The van der Waals surface area contributed by atoms with Gasteiger partial charge in [-0.2, -0.15) is 0 Å². The van der Waals surface area contributed by atoms with Gasteiger partial charge in [-0.15, -0.1) is 0 Å². The van der Waals surface area contributed by atoms with E-state index in [0.717, 1.165) is 0 Å². The van der Waals surface area contributed by atoms with Crippen LogP contribution in [0.2, 0.25) is 5.02 Å². The summed E-state index contributed by atoms with van der Waals surface area (Å²) in [4.78, 5) is 24.7. The van der Waals surface area contributed by atoms with E-state index < -0.39 is 11.7 Å². The second-order valence-electron chi connectivity index (χ2n) is 3.48. The quantitative estimate of drug-likeness (QED) is 0.583. The van der Waals surface area contributed by atoms with Gasteiger partial charge in [0.15, 0.2) is 0 Å². The maximum Gasteiger partial charge on any atom is 0.299 e. The van der Waals surface area contributed by atoms with E-state index >= 15 is 0 Å². The number of hydrogen-bond acceptors (Lipinski definition) is 2. The molecule has 2 rings (SSSR count). The number of anilines is 1. The van der Waals surface area contributed by atoms with Gasteiger partial charge in [-0.25, -0.2) is 0 Å². The third-order valence-corrected chi connectivity index (χ3v) is 2.69. The molecule has 1 heterocycles. The summed E-state index contributed by atoms with van der Waals surface area (Å²) in [6.07, 6.45) is 3.65. The lowest BCUT2D eigenvalue weighted by Gasteiger charge is -2.13. The second kappa shape index (κ2) is 4.10. The molecule has 0 atom stereocenters. The van der Waals surface area contributed by atoms with Crippen molar-refractivity contribution in [2.75, 3.05) is 11.4 Å². The number of halogens is 1. The molecule has 1 amide bonds. The summed E-state index contributed by atoms with van der Waals surface area (Å²) in [6, 6.07) is 4.85. The molecule has 1 aromatic carbocycles. The van der Waals surface area contributed by atoms with Crippen LogP contribution in [-0.2, 0) is 4.79 Å². The number of fused-ring (bicyclic) bond motifs is 1. The Labute approximate surface area is 98.3 Å². The third kappa shape index (κ3) is 1.63. The molecule has 4 heteroatoms. The molecule has 0 spiro atoms. The Bertz CT molecular complexity index is 494. The Morgan fingerprint density at radius 3 is 2.81 bits per heavy atom. The van der Waals surface area contributed by atoms with Crippen LogP contribution in [0, 0.1) is 0 Å². The van der Waals surface area contributed by atoms with Gasteiger partial charge < -0.3 is 4.90 Å². The van der Waals surface area contributed by atoms with Gasteiger partial charge in [-0.1, -0.05) is 23.8 Å². The lowest BCUT2D eigenvalue weighted by Crippen LogP contribution is -2.29. The number of amides is 1. The highest BCUT2D eigenvalue weighted by molar-refractivity contribution is 6.52. The van der Waals surface area contributed by atoms with Gasteiger partial charge in [0.25, 0.3) is 11.7 Å². The molecule has 0 bridgehead atoms. The number of nitrogens with zero attached hydrogens (tertiary/aromatic N) is 1. The first-order chi connectivity index (χ1) is 7.65. The summed E-state index contributed by atoms with van der Waals surface area (Å²) in [6.45, 7) is 2.26. The molecule has 1 aromatic rings. The summed E-state index contributed by atoms with van der Waals surface area (Å²) in [5.41, 5.74) is 1.03. The maximum atomic E-state index is 11.7. The average molecular weight is 236 g/mol. The fourth-order valence-electron chi connectivity index (χ4n) is 1.66. The molecule has 0 N–H and O–H groups in total. The van der Waals surface area contributed by atoms with Crippen LogP contribution in [0.3, 0.4) is 0 Å². The van der Waals surface area contributed by atoms with Crippen LogP contribution in [0.4, 0.5) is 5.69 Å². The molecule has 0 saturated carbocycles. The van der Waals surface area contributed by atoms with Crippen molar-refractivity contribution in [2.45, 2.75) is 6.92 Å². The van der Waals surface area contributed by atoms with Crippen LogP contribution in [0.5, 0.6) is 0 Å². The molecule has 1 aliphatic heterocycles. The smallest absolute Gasteiger partial charge is 0.299 e. The van der Waals surface area contributed by atoms with E-state index in [1.54, 1.807) is 18.2 Å². The van der Waals surface area contributed by atoms with Gasteiger partial charge in [0.1, 0.15) is 0 Å². The monoisotopic (exact) mass is 235 g/mol. The normalized spacial score (nSPS) is 15.0. The van der Waals surface area contributed by atoms with Gasteiger partial charge in [0, 0.05) is 11.6 Å². The maximum absolute atomic E-state index is 11.7. The zero-order valence-corrected chi connectivity index (χ0v) is 9.49. The van der Waals surface area contributed by atoms with Crippen molar-refractivity contribution in [1.29, 1.82) is 0 Å². The van der Waals surface area contributed by atoms with Crippen molar-refractivity contribution >= 4 is 29.0 Å². The first-order valence-electron chi connectivity index (χ1n) is 4.92. The van der Waals surface area contributed by atoms with Gasteiger partial charge in [-0.3, -0.25) is 9.59 Å². The topological polar surface area (TPSA) is 37.4 Å². The number of hydrogen-bond donors (Lipinski definition) is 0. The zero-order chi connectivity index (χ0) is 11.7. The Kier molecular flexibility index (Phi) is 2.79. The lowest BCUT2D eigenvalue weighted by molar-refractivity contribution is -0.114. The average Bonchev–Trinajstić information content (AvgIpc) is 2.50. The number of allylic oxidation sites excluding steroid dienone is 1. The van der Waals surface area contributed by atoms with Crippen molar-refractivity contribution in [3.63, 3.8) is 0 Å². The van der Waals surface area contributed by atoms with E-state index in [9.17, 15) is 9.59 Å². The number of Topliss-reactive ketones (excluding diaryl/α,β-unsaturated/α-hetero) is 1.